The summed E-state index contributed by atoms with van der Waals surface area (Å²) >= 11 is 1.82. The summed E-state index contributed by atoms with van der Waals surface area (Å²) in [5.74, 6) is 0. The van der Waals surface area contributed by atoms with Gasteiger partial charge < -0.3 is 0 Å². The summed E-state index contributed by atoms with van der Waals surface area (Å²) in [5, 5.41) is 2.70. The van der Waals surface area contributed by atoms with Gasteiger partial charge in [0.15, 0.2) is 0 Å². The van der Waals surface area contributed by atoms with Gasteiger partial charge >= 0.3 is 0 Å². The lowest BCUT2D eigenvalue weighted by Gasteiger charge is -2.06. The molecule has 0 saturated heterocycles. The average Bonchev–Trinajstić information content (AvgIpc) is 2.18. The van der Waals surface area contributed by atoms with Crippen LogP contribution in [0.3, 0.4) is 0 Å². The molecule has 0 aliphatic rings. The first-order chi connectivity index (χ1) is 6.33. The highest BCUT2D eigenvalue weighted by molar-refractivity contribution is 7.98. The molecular weight excluding hydrogens is 176 g/mol. The van der Waals surface area contributed by atoms with Crippen molar-refractivity contribution in [3.63, 3.8) is 0 Å². The summed E-state index contributed by atoms with van der Waals surface area (Å²) in [7, 11) is 0. The molecule has 0 amide bonds. The normalized spacial score (nSPS) is 10.6. The van der Waals surface area contributed by atoms with Crippen molar-refractivity contribution in [2.45, 2.75) is 11.8 Å². The molecule has 0 aromatic heterocycles. The molecule has 0 unspecified atom stereocenters. The standard InChI is InChI=1S/C12H12S/c1-9-7-8-10-5-3-4-6-11(10)12(9)13-2/h3-8H,1-2H3. The molecule has 13 heavy (non-hydrogen) atoms. The zero-order valence-corrected chi connectivity index (χ0v) is 8.69. The first-order valence-electron chi connectivity index (χ1n) is 4.35. The number of thioether (sulfide) groups is 1. The average molecular weight is 188 g/mol. The van der Waals surface area contributed by atoms with Crippen LogP contribution >= 0.6 is 11.8 Å². The minimum atomic E-state index is 1.33. The number of rotatable bonds is 1. The Balaban J connectivity index is 2.84. The molecule has 0 aliphatic carbocycles. The molecule has 0 atom stereocenters. The molecule has 0 nitrogen and oxygen atoms in total. The first-order valence-corrected chi connectivity index (χ1v) is 5.58. The fraction of sp³-hybridized carbons (Fsp3) is 0.167. The van der Waals surface area contributed by atoms with Crippen LogP contribution in [0.2, 0.25) is 0 Å². The van der Waals surface area contributed by atoms with E-state index in [0.717, 1.165) is 0 Å². The Morgan fingerprint density at radius 2 is 1.77 bits per heavy atom. The van der Waals surface area contributed by atoms with E-state index in [-0.39, 0.29) is 0 Å². The number of aryl methyl sites for hydroxylation is 1. The Morgan fingerprint density at radius 3 is 2.54 bits per heavy atom. The van der Waals surface area contributed by atoms with E-state index in [9.17, 15) is 0 Å². The van der Waals surface area contributed by atoms with Gasteiger partial charge in [-0.25, -0.2) is 0 Å². The molecule has 0 bridgehead atoms. The second-order valence-electron chi connectivity index (χ2n) is 3.14. The SMILES string of the molecule is CSc1c(C)ccc2ccccc12. The van der Waals surface area contributed by atoms with Crippen LogP contribution in [0.15, 0.2) is 41.3 Å². The van der Waals surface area contributed by atoms with E-state index in [4.69, 9.17) is 0 Å². The largest absolute Gasteiger partial charge is 0.129 e. The van der Waals surface area contributed by atoms with Gasteiger partial charge in [0.25, 0.3) is 0 Å². The monoisotopic (exact) mass is 188 g/mol. The molecule has 2 aromatic rings. The third-order valence-electron chi connectivity index (χ3n) is 2.28. The maximum Gasteiger partial charge on any atom is 0.0177 e. The van der Waals surface area contributed by atoms with Crippen molar-refractivity contribution in [1.82, 2.24) is 0 Å². The van der Waals surface area contributed by atoms with E-state index in [1.807, 2.05) is 11.8 Å². The minimum absolute atomic E-state index is 1.33. The van der Waals surface area contributed by atoms with Crippen LogP contribution in [0.1, 0.15) is 5.56 Å². The Bertz CT molecular complexity index is 432. The molecular formula is C12H12S. The predicted molar refractivity (Wildman–Crippen MR) is 60.5 cm³/mol. The van der Waals surface area contributed by atoms with Gasteiger partial charge in [0, 0.05) is 4.90 Å². The lowest BCUT2D eigenvalue weighted by Crippen LogP contribution is -1.81. The molecule has 2 rings (SSSR count). The van der Waals surface area contributed by atoms with Gasteiger partial charge in [-0.3, -0.25) is 0 Å². The van der Waals surface area contributed by atoms with Crippen LogP contribution in [0.25, 0.3) is 10.8 Å². The van der Waals surface area contributed by atoms with E-state index < -0.39 is 0 Å². The molecule has 1 heteroatoms. The predicted octanol–water partition coefficient (Wildman–Crippen LogP) is 3.87. The quantitative estimate of drug-likeness (QED) is 0.612. The summed E-state index contributed by atoms with van der Waals surface area (Å²) < 4.78 is 0. The minimum Gasteiger partial charge on any atom is -0.129 e. The molecule has 0 spiro atoms. The van der Waals surface area contributed by atoms with E-state index in [2.05, 4.69) is 49.6 Å². The maximum atomic E-state index is 2.19. The second-order valence-corrected chi connectivity index (χ2v) is 3.95. The molecule has 0 fully saturated rings. The van der Waals surface area contributed by atoms with Crippen LogP contribution in [-0.4, -0.2) is 6.26 Å². The Kier molecular flexibility index (Phi) is 2.28. The highest BCUT2D eigenvalue weighted by Gasteiger charge is 2.01. The van der Waals surface area contributed by atoms with Gasteiger partial charge in [-0.2, -0.15) is 0 Å². The van der Waals surface area contributed by atoms with Crippen molar-refractivity contribution < 1.29 is 0 Å². The summed E-state index contributed by atoms with van der Waals surface area (Å²) in [4.78, 5) is 1.40. The van der Waals surface area contributed by atoms with Gasteiger partial charge in [-0.05, 0) is 29.5 Å². The molecule has 0 radical (unpaired) electrons. The highest BCUT2D eigenvalue weighted by atomic mass is 32.2. The Morgan fingerprint density at radius 1 is 1.00 bits per heavy atom. The zero-order chi connectivity index (χ0) is 9.26. The van der Waals surface area contributed by atoms with Crippen LogP contribution in [0.5, 0.6) is 0 Å². The summed E-state index contributed by atoms with van der Waals surface area (Å²) in [6, 6.07) is 12.9. The maximum absolute atomic E-state index is 2.19. The zero-order valence-electron chi connectivity index (χ0n) is 7.87. The van der Waals surface area contributed by atoms with E-state index in [1.54, 1.807) is 0 Å². The van der Waals surface area contributed by atoms with Crippen molar-refractivity contribution >= 4 is 22.5 Å². The number of hydrogen-bond donors (Lipinski definition) is 0. The Labute approximate surface area is 83.0 Å². The number of fused-ring (bicyclic) bond motifs is 1. The molecule has 0 aliphatic heterocycles. The van der Waals surface area contributed by atoms with E-state index in [1.165, 1.54) is 21.2 Å². The van der Waals surface area contributed by atoms with Crippen LogP contribution in [0, 0.1) is 6.92 Å². The van der Waals surface area contributed by atoms with Gasteiger partial charge in [-0.1, -0.05) is 36.4 Å². The lowest BCUT2D eigenvalue weighted by atomic mass is 10.1. The molecule has 2 aromatic carbocycles. The smallest absolute Gasteiger partial charge is 0.0177 e. The number of benzene rings is 2. The molecule has 66 valence electrons. The summed E-state index contributed by atoms with van der Waals surface area (Å²) in [5.41, 5.74) is 1.37. The van der Waals surface area contributed by atoms with Gasteiger partial charge in [0.2, 0.25) is 0 Å². The third kappa shape index (κ3) is 1.44. The van der Waals surface area contributed by atoms with Crippen LogP contribution in [0.4, 0.5) is 0 Å². The van der Waals surface area contributed by atoms with Crippen molar-refractivity contribution in [1.29, 1.82) is 0 Å². The van der Waals surface area contributed by atoms with Gasteiger partial charge in [0.1, 0.15) is 0 Å². The molecule has 0 heterocycles. The van der Waals surface area contributed by atoms with E-state index in [0.29, 0.717) is 0 Å². The van der Waals surface area contributed by atoms with Gasteiger partial charge in [0.05, 0.1) is 0 Å². The van der Waals surface area contributed by atoms with Crippen LogP contribution < -0.4 is 0 Å². The topological polar surface area (TPSA) is 0 Å². The third-order valence-corrected chi connectivity index (χ3v) is 3.23. The molecule has 0 saturated carbocycles. The fourth-order valence-electron chi connectivity index (χ4n) is 1.62. The summed E-state index contributed by atoms with van der Waals surface area (Å²) in [6.07, 6.45) is 2.13. The lowest BCUT2D eigenvalue weighted by molar-refractivity contribution is 1.35. The number of hydrogen-bond acceptors (Lipinski definition) is 1. The van der Waals surface area contributed by atoms with Crippen LogP contribution in [-0.2, 0) is 0 Å². The summed E-state index contributed by atoms with van der Waals surface area (Å²) in [6.45, 7) is 2.16. The van der Waals surface area contributed by atoms with Crippen molar-refractivity contribution in [2.24, 2.45) is 0 Å². The molecule has 0 N–H and O–H groups in total. The van der Waals surface area contributed by atoms with Crippen molar-refractivity contribution in [3.05, 3.63) is 42.0 Å². The van der Waals surface area contributed by atoms with Crippen molar-refractivity contribution in [3.8, 4) is 0 Å². The fourth-order valence-corrected chi connectivity index (χ4v) is 2.42. The Hall–Kier alpha value is -0.950. The van der Waals surface area contributed by atoms with Crippen molar-refractivity contribution in [2.75, 3.05) is 6.26 Å². The van der Waals surface area contributed by atoms with E-state index >= 15 is 0 Å². The first kappa shape index (κ1) is 8.64. The second kappa shape index (κ2) is 3.43. The van der Waals surface area contributed by atoms with Gasteiger partial charge in [-0.15, -0.1) is 11.8 Å². The highest BCUT2D eigenvalue weighted by Crippen LogP contribution is 2.29.